The highest BCUT2D eigenvalue weighted by Crippen LogP contribution is 2.18. The first-order chi connectivity index (χ1) is 9.69. The van der Waals surface area contributed by atoms with E-state index >= 15 is 0 Å². The molecule has 0 saturated carbocycles. The smallest absolute Gasteiger partial charge is 0.0704 e. The van der Waals surface area contributed by atoms with E-state index in [9.17, 15) is 0 Å². The summed E-state index contributed by atoms with van der Waals surface area (Å²) in [4.78, 5) is 0. The molecular formula is C17H22ClNO. The zero-order chi connectivity index (χ0) is 14.4. The van der Waals surface area contributed by atoms with Gasteiger partial charge in [-0.1, -0.05) is 35.9 Å². The lowest BCUT2D eigenvalue weighted by molar-refractivity contribution is 0.0488. The Morgan fingerprint density at radius 1 is 1.45 bits per heavy atom. The highest BCUT2D eigenvalue weighted by atomic mass is 35.5. The minimum absolute atomic E-state index is 0.241. The summed E-state index contributed by atoms with van der Waals surface area (Å²) in [5.41, 5.74) is 9.48. The number of hydrogen-bond acceptors (Lipinski definition) is 2. The van der Waals surface area contributed by atoms with Crippen molar-refractivity contribution in [1.82, 2.24) is 0 Å². The van der Waals surface area contributed by atoms with Crippen LogP contribution in [0.4, 0.5) is 0 Å². The number of nitrogens with two attached hydrogens (primary N) is 1. The van der Waals surface area contributed by atoms with Gasteiger partial charge in [0.1, 0.15) is 0 Å². The summed E-state index contributed by atoms with van der Waals surface area (Å²) in [5, 5.41) is 0.797. The van der Waals surface area contributed by atoms with Crippen LogP contribution >= 0.6 is 11.6 Å². The van der Waals surface area contributed by atoms with Crippen molar-refractivity contribution in [2.75, 3.05) is 13.2 Å². The van der Waals surface area contributed by atoms with Crippen LogP contribution < -0.4 is 5.73 Å². The molecule has 3 heteroatoms. The van der Waals surface area contributed by atoms with Gasteiger partial charge in [0.15, 0.2) is 0 Å². The van der Waals surface area contributed by atoms with Crippen molar-refractivity contribution < 1.29 is 4.74 Å². The highest BCUT2D eigenvalue weighted by molar-refractivity contribution is 6.30. The average Bonchev–Trinajstić information content (AvgIpc) is 2.47. The van der Waals surface area contributed by atoms with Gasteiger partial charge in [0.2, 0.25) is 0 Å². The molecule has 1 heterocycles. The summed E-state index contributed by atoms with van der Waals surface area (Å²) < 4.78 is 5.65. The minimum atomic E-state index is 0.241. The number of aryl methyl sites for hydroxylation is 1. The third-order valence-corrected chi connectivity index (χ3v) is 3.91. The Labute approximate surface area is 126 Å². The van der Waals surface area contributed by atoms with E-state index in [0.29, 0.717) is 13.2 Å². The van der Waals surface area contributed by atoms with E-state index in [2.05, 4.69) is 31.2 Å². The molecule has 0 bridgehead atoms. The Hall–Kier alpha value is -1.09. The second kappa shape index (κ2) is 7.63. The van der Waals surface area contributed by atoms with Gasteiger partial charge in [0.05, 0.1) is 12.7 Å². The molecule has 0 radical (unpaired) electrons. The lowest BCUT2D eigenvalue weighted by Gasteiger charge is -2.23. The zero-order valence-electron chi connectivity index (χ0n) is 11.9. The van der Waals surface area contributed by atoms with Gasteiger partial charge in [0, 0.05) is 11.6 Å². The van der Waals surface area contributed by atoms with E-state index < -0.39 is 0 Å². The Morgan fingerprint density at radius 2 is 2.30 bits per heavy atom. The summed E-state index contributed by atoms with van der Waals surface area (Å²) in [7, 11) is 0. The van der Waals surface area contributed by atoms with Gasteiger partial charge in [-0.2, -0.15) is 0 Å². The van der Waals surface area contributed by atoms with Crippen molar-refractivity contribution in [3.63, 3.8) is 0 Å². The van der Waals surface area contributed by atoms with Gasteiger partial charge in [-0.15, -0.1) is 0 Å². The Bertz CT molecular complexity index is 498. The van der Waals surface area contributed by atoms with Crippen molar-refractivity contribution in [3.05, 3.63) is 58.1 Å². The fraction of sp³-hybridized carbons (Fsp3) is 0.412. The molecule has 1 saturated heterocycles. The number of hydrogen-bond donors (Lipinski definition) is 1. The molecule has 0 aliphatic carbocycles. The maximum atomic E-state index is 6.02. The van der Waals surface area contributed by atoms with Crippen molar-refractivity contribution in [1.29, 1.82) is 0 Å². The molecule has 0 aromatic heterocycles. The zero-order valence-corrected chi connectivity index (χ0v) is 12.7. The predicted octanol–water partition coefficient (Wildman–Crippen LogP) is 3.81. The van der Waals surface area contributed by atoms with Crippen LogP contribution in [0.5, 0.6) is 0 Å². The van der Waals surface area contributed by atoms with Crippen molar-refractivity contribution in [2.45, 2.75) is 32.3 Å². The third kappa shape index (κ3) is 4.48. The summed E-state index contributed by atoms with van der Waals surface area (Å²) in [6.07, 6.45) is 9.70. The molecule has 2 nitrogen and oxygen atoms in total. The standard InChI is InChI=1S/C17H22ClNO/c1-13-6-8-16(18)10-15(13)5-3-2-4-14-7-9-17(11-19)20-12-14/h2-4,6,8,10,17H,5,7,9,11-12,19H2,1H3/b3-2-,14-4-. The Morgan fingerprint density at radius 3 is 3.00 bits per heavy atom. The maximum Gasteiger partial charge on any atom is 0.0704 e. The summed E-state index contributed by atoms with van der Waals surface area (Å²) in [5.74, 6) is 0. The number of rotatable bonds is 4. The molecule has 0 amide bonds. The lowest BCUT2D eigenvalue weighted by Crippen LogP contribution is -2.28. The largest absolute Gasteiger partial charge is 0.373 e. The molecule has 0 spiro atoms. The molecule has 2 rings (SSSR count). The van der Waals surface area contributed by atoms with E-state index in [4.69, 9.17) is 22.1 Å². The molecule has 1 aromatic carbocycles. The number of benzene rings is 1. The molecule has 2 N–H and O–H groups in total. The summed E-state index contributed by atoms with van der Waals surface area (Å²) >= 11 is 6.02. The van der Waals surface area contributed by atoms with Crippen LogP contribution in [-0.4, -0.2) is 19.3 Å². The van der Waals surface area contributed by atoms with E-state index in [1.54, 1.807) is 0 Å². The van der Waals surface area contributed by atoms with Crippen LogP contribution in [0, 0.1) is 6.92 Å². The normalized spacial score (nSPS) is 21.8. The fourth-order valence-corrected chi connectivity index (χ4v) is 2.50. The predicted molar refractivity (Wildman–Crippen MR) is 85.1 cm³/mol. The monoisotopic (exact) mass is 291 g/mol. The lowest BCUT2D eigenvalue weighted by atomic mass is 10.0. The van der Waals surface area contributed by atoms with Crippen molar-refractivity contribution in [3.8, 4) is 0 Å². The van der Waals surface area contributed by atoms with E-state index in [1.165, 1.54) is 16.7 Å². The quantitative estimate of drug-likeness (QED) is 0.915. The average molecular weight is 292 g/mol. The van der Waals surface area contributed by atoms with Gasteiger partial charge in [-0.25, -0.2) is 0 Å². The Balaban J connectivity index is 1.86. The molecule has 1 atom stereocenters. The number of allylic oxidation sites excluding steroid dienone is 3. The summed E-state index contributed by atoms with van der Waals surface area (Å²) in [6, 6.07) is 6.02. The van der Waals surface area contributed by atoms with Crippen molar-refractivity contribution in [2.24, 2.45) is 5.73 Å². The van der Waals surface area contributed by atoms with Gasteiger partial charge >= 0.3 is 0 Å². The van der Waals surface area contributed by atoms with Crippen LogP contribution in [0.25, 0.3) is 0 Å². The second-order valence-electron chi connectivity index (χ2n) is 5.24. The first kappa shape index (κ1) is 15.3. The molecule has 1 aliphatic rings. The topological polar surface area (TPSA) is 35.2 Å². The minimum Gasteiger partial charge on any atom is -0.373 e. The fourth-order valence-electron chi connectivity index (χ4n) is 2.30. The molecule has 1 aliphatic heterocycles. The van der Waals surface area contributed by atoms with Crippen LogP contribution in [0.3, 0.4) is 0 Å². The molecule has 108 valence electrons. The molecule has 1 fully saturated rings. The van der Waals surface area contributed by atoms with Crippen molar-refractivity contribution >= 4 is 11.6 Å². The van der Waals surface area contributed by atoms with Crippen LogP contribution in [0.15, 0.2) is 42.0 Å². The molecule has 20 heavy (non-hydrogen) atoms. The molecule has 1 aromatic rings. The number of halogens is 1. The molecular weight excluding hydrogens is 270 g/mol. The van der Waals surface area contributed by atoms with Crippen LogP contribution in [-0.2, 0) is 11.2 Å². The highest BCUT2D eigenvalue weighted by Gasteiger charge is 2.14. The first-order valence-electron chi connectivity index (χ1n) is 7.10. The van der Waals surface area contributed by atoms with Crippen LogP contribution in [0.1, 0.15) is 24.0 Å². The SMILES string of the molecule is Cc1ccc(Cl)cc1C/C=C\C=C1\CCC(CN)OC1. The van der Waals surface area contributed by atoms with Gasteiger partial charge in [-0.3, -0.25) is 0 Å². The van der Waals surface area contributed by atoms with Gasteiger partial charge < -0.3 is 10.5 Å². The van der Waals surface area contributed by atoms with E-state index in [0.717, 1.165) is 24.3 Å². The maximum absolute atomic E-state index is 6.02. The van der Waals surface area contributed by atoms with E-state index in [1.807, 2.05) is 12.1 Å². The first-order valence-corrected chi connectivity index (χ1v) is 7.48. The van der Waals surface area contributed by atoms with Gasteiger partial charge in [0.25, 0.3) is 0 Å². The number of ether oxygens (including phenoxy) is 1. The van der Waals surface area contributed by atoms with E-state index in [-0.39, 0.29) is 6.10 Å². The van der Waals surface area contributed by atoms with Gasteiger partial charge in [-0.05, 0) is 55.0 Å². The second-order valence-corrected chi connectivity index (χ2v) is 5.67. The molecule has 1 unspecified atom stereocenters. The summed E-state index contributed by atoms with van der Waals surface area (Å²) in [6.45, 7) is 3.44. The third-order valence-electron chi connectivity index (χ3n) is 3.67. The Kier molecular flexibility index (Phi) is 5.84. The van der Waals surface area contributed by atoms with Crippen LogP contribution in [0.2, 0.25) is 5.02 Å².